The Morgan fingerprint density at radius 1 is 0.833 bits per heavy atom. The second-order valence-corrected chi connectivity index (χ2v) is 5.24. The second kappa shape index (κ2) is 7.33. The smallest absolute Gasteiger partial charge is 0.166 e. The maximum absolute atomic E-state index is 9.74. The van der Waals surface area contributed by atoms with Gasteiger partial charge in [-0.3, -0.25) is 4.99 Å². The van der Waals surface area contributed by atoms with Crippen molar-refractivity contribution in [2.75, 3.05) is 0 Å². The molecule has 0 spiro atoms. The molecule has 4 heteroatoms. The third kappa shape index (κ3) is 3.93. The Morgan fingerprint density at radius 3 is 2.33 bits per heavy atom. The zero-order valence-electron chi connectivity index (χ0n) is 13.0. The van der Waals surface area contributed by atoms with Gasteiger partial charge in [-0.1, -0.05) is 36.4 Å². The monoisotopic (exact) mass is 319 g/mol. The average Bonchev–Trinajstić information content (AvgIpc) is 2.63. The van der Waals surface area contributed by atoms with E-state index in [0.29, 0.717) is 12.2 Å². The Kier molecular flexibility index (Phi) is 4.77. The Morgan fingerprint density at radius 2 is 1.58 bits per heavy atom. The zero-order chi connectivity index (χ0) is 16.8. The fourth-order valence-electron chi connectivity index (χ4n) is 2.17. The zero-order valence-corrected chi connectivity index (χ0v) is 13.0. The SMILES string of the molecule is Oc1cccc(C=Nc2ccc(OCc3ccccc3)cc2)c1O. The molecule has 24 heavy (non-hydrogen) atoms. The standard InChI is InChI=1S/C20H17NO3/c22-19-8-4-7-16(20(19)23)13-21-17-9-11-18(12-10-17)24-14-15-5-2-1-3-6-15/h1-13,22-23H,14H2. The molecule has 0 aliphatic carbocycles. The molecule has 0 fully saturated rings. The summed E-state index contributed by atoms with van der Waals surface area (Å²) in [5, 5.41) is 19.2. The number of hydrogen-bond acceptors (Lipinski definition) is 4. The highest BCUT2D eigenvalue weighted by atomic mass is 16.5. The summed E-state index contributed by atoms with van der Waals surface area (Å²) in [5.41, 5.74) is 2.29. The number of phenolic OH excluding ortho intramolecular Hbond substituents is 2. The molecule has 3 aromatic carbocycles. The highest BCUT2D eigenvalue weighted by Crippen LogP contribution is 2.27. The molecule has 0 saturated heterocycles. The summed E-state index contributed by atoms with van der Waals surface area (Å²) in [6.45, 7) is 0.515. The van der Waals surface area contributed by atoms with Crippen molar-refractivity contribution < 1.29 is 14.9 Å². The van der Waals surface area contributed by atoms with E-state index < -0.39 is 0 Å². The van der Waals surface area contributed by atoms with Crippen molar-refractivity contribution in [3.8, 4) is 17.2 Å². The number of benzene rings is 3. The highest BCUT2D eigenvalue weighted by molar-refractivity contribution is 5.86. The van der Waals surface area contributed by atoms with Gasteiger partial charge >= 0.3 is 0 Å². The first-order valence-corrected chi connectivity index (χ1v) is 7.54. The maximum Gasteiger partial charge on any atom is 0.166 e. The number of aromatic hydroxyl groups is 2. The van der Waals surface area contributed by atoms with Gasteiger partial charge in [0, 0.05) is 11.8 Å². The third-order valence-corrected chi connectivity index (χ3v) is 3.48. The Balaban J connectivity index is 1.64. The van der Waals surface area contributed by atoms with Crippen LogP contribution in [0.4, 0.5) is 5.69 Å². The fraction of sp³-hybridized carbons (Fsp3) is 0.0500. The molecule has 0 unspecified atom stereocenters. The molecule has 0 aliphatic rings. The van der Waals surface area contributed by atoms with Crippen LogP contribution in [0.3, 0.4) is 0 Å². The fourth-order valence-corrected chi connectivity index (χ4v) is 2.17. The van der Waals surface area contributed by atoms with Gasteiger partial charge in [-0.2, -0.15) is 0 Å². The molecule has 0 radical (unpaired) electrons. The molecule has 0 aromatic heterocycles. The molecule has 3 rings (SSSR count). The Hall–Kier alpha value is -3.27. The summed E-state index contributed by atoms with van der Waals surface area (Å²) < 4.78 is 5.72. The largest absolute Gasteiger partial charge is 0.504 e. The molecule has 2 N–H and O–H groups in total. The van der Waals surface area contributed by atoms with Crippen molar-refractivity contribution in [1.29, 1.82) is 0 Å². The van der Waals surface area contributed by atoms with Crippen molar-refractivity contribution >= 4 is 11.9 Å². The minimum atomic E-state index is -0.177. The lowest BCUT2D eigenvalue weighted by molar-refractivity contribution is 0.306. The number of nitrogens with zero attached hydrogens (tertiary/aromatic N) is 1. The van der Waals surface area contributed by atoms with Gasteiger partial charge in [0.25, 0.3) is 0 Å². The first-order chi connectivity index (χ1) is 11.7. The quantitative estimate of drug-likeness (QED) is 0.540. The molecule has 4 nitrogen and oxygen atoms in total. The number of ether oxygens (including phenoxy) is 1. The molecular weight excluding hydrogens is 302 g/mol. The van der Waals surface area contributed by atoms with Crippen molar-refractivity contribution in [2.45, 2.75) is 6.61 Å². The summed E-state index contributed by atoms with van der Waals surface area (Å²) in [6, 6.07) is 22.1. The van der Waals surface area contributed by atoms with Crippen LogP contribution in [0.25, 0.3) is 0 Å². The van der Waals surface area contributed by atoms with Gasteiger partial charge in [0.15, 0.2) is 11.5 Å². The molecule has 0 amide bonds. The molecule has 0 atom stereocenters. The van der Waals surface area contributed by atoms with Crippen LogP contribution in [0.2, 0.25) is 0 Å². The number of phenols is 2. The third-order valence-electron chi connectivity index (χ3n) is 3.48. The molecule has 0 aliphatic heterocycles. The predicted molar refractivity (Wildman–Crippen MR) is 94.2 cm³/mol. The van der Waals surface area contributed by atoms with Gasteiger partial charge in [0.2, 0.25) is 0 Å². The first-order valence-electron chi connectivity index (χ1n) is 7.54. The van der Waals surface area contributed by atoms with E-state index in [0.717, 1.165) is 17.0 Å². The van der Waals surface area contributed by atoms with Gasteiger partial charge < -0.3 is 14.9 Å². The van der Waals surface area contributed by atoms with E-state index in [1.54, 1.807) is 12.1 Å². The van der Waals surface area contributed by atoms with Gasteiger partial charge in [0.05, 0.1) is 5.69 Å². The molecule has 0 bridgehead atoms. The first kappa shape index (κ1) is 15.6. The van der Waals surface area contributed by atoms with Crippen molar-refractivity contribution in [1.82, 2.24) is 0 Å². The predicted octanol–water partition coefficient (Wildman–Crippen LogP) is 4.43. The van der Waals surface area contributed by atoms with Crippen LogP contribution in [0, 0.1) is 0 Å². The van der Waals surface area contributed by atoms with Crippen molar-refractivity contribution in [3.63, 3.8) is 0 Å². The van der Waals surface area contributed by atoms with Crippen LogP contribution in [-0.4, -0.2) is 16.4 Å². The molecule has 0 heterocycles. The van der Waals surface area contributed by atoms with Crippen LogP contribution in [0.1, 0.15) is 11.1 Å². The summed E-state index contributed by atoms with van der Waals surface area (Å²) in [6.07, 6.45) is 1.51. The van der Waals surface area contributed by atoms with E-state index in [9.17, 15) is 10.2 Å². The van der Waals surface area contributed by atoms with E-state index in [2.05, 4.69) is 4.99 Å². The van der Waals surface area contributed by atoms with Gasteiger partial charge in [-0.25, -0.2) is 0 Å². The maximum atomic E-state index is 9.74. The van der Waals surface area contributed by atoms with Gasteiger partial charge in [-0.15, -0.1) is 0 Å². The van der Waals surface area contributed by atoms with Gasteiger partial charge in [-0.05, 0) is 42.0 Å². The van der Waals surface area contributed by atoms with Crippen LogP contribution in [-0.2, 0) is 6.61 Å². The van der Waals surface area contributed by atoms with Crippen LogP contribution < -0.4 is 4.74 Å². The number of aliphatic imine (C=N–C) groups is 1. The van der Waals surface area contributed by atoms with E-state index in [1.807, 2.05) is 54.6 Å². The summed E-state index contributed by atoms with van der Waals surface area (Å²) in [5.74, 6) is 0.422. The normalized spacial score (nSPS) is 10.8. The summed E-state index contributed by atoms with van der Waals surface area (Å²) in [4.78, 5) is 4.29. The lowest BCUT2D eigenvalue weighted by Gasteiger charge is -2.06. The lowest BCUT2D eigenvalue weighted by Crippen LogP contribution is -1.94. The Labute approximate surface area is 140 Å². The van der Waals surface area contributed by atoms with Crippen LogP contribution in [0.15, 0.2) is 77.8 Å². The lowest BCUT2D eigenvalue weighted by atomic mass is 10.2. The minimum Gasteiger partial charge on any atom is -0.504 e. The van der Waals surface area contributed by atoms with E-state index in [1.165, 1.54) is 12.3 Å². The highest BCUT2D eigenvalue weighted by Gasteiger charge is 2.03. The average molecular weight is 319 g/mol. The van der Waals surface area contributed by atoms with E-state index in [-0.39, 0.29) is 11.5 Å². The van der Waals surface area contributed by atoms with Crippen molar-refractivity contribution in [3.05, 3.63) is 83.9 Å². The van der Waals surface area contributed by atoms with E-state index >= 15 is 0 Å². The number of rotatable bonds is 5. The number of para-hydroxylation sites is 1. The molecule has 3 aromatic rings. The molecule has 120 valence electrons. The molecule has 0 saturated carbocycles. The number of hydrogen-bond donors (Lipinski definition) is 2. The van der Waals surface area contributed by atoms with Crippen molar-refractivity contribution in [2.24, 2.45) is 4.99 Å². The van der Waals surface area contributed by atoms with Crippen LogP contribution >= 0.6 is 0 Å². The van der Waals surface area contributed by atoms with Gasteiger partial charge in [0.1, 0.15) is 12.4 Å². The van der Waals surface area contributed by atoms with E-state index in [4.69, 9.17) is 4.74 Å². The van der Waals surface area contributed by atoms with Crippen LogP contribution in [0.5, 0.6) is 17.2 Å². The summed E-state index contributed by atoms with van der Waals surface area (Å²) in [7, 11) is 0. The second-order valence-electron chi connectivity index (χ2n) is 5.24. The topological polar surface area (TPSA) is 62.1 Å². The Bertz CT molecular complexity index is 827. The minimum absolute atomic E-state index is 0.163. The summed E-state index contributed by atoms with van der Waals surface area (Å²) >= 11 is 0. The molecular formula is C20H17NO3.